The van der Waals surface area contributed by atoms with Crippen LogP contribution < -0.4 is 10.1 Å². The van der Waals surface area contributed by atoms with Gasteiger partial charge in [0.2, 0.25) is 5.88 Å². The van der Waals surface area contributed by atoms with E-state index in [0.717, 1.165) is 22.7 Å². The van der Waals surface area contributed by atoms with Gasteiger partial charge in [0.1, 0.15) is 5.69 Å². The molecule has 4 nitrogen and oxygen atoms in total. The average molecular weight is 278 g/mol. The molecule has 0 spiro atoms. The maximum atomic E-state index is 6.00. The van der Waals surface area contributed by atoms with E-state index in [0.29, 0.717) is 5.88 Å². The number of rotatable bonds is 5. The number of hydrogen-bond donors (Lipinski definition) is 1. The average Bonchev–Trinajstić information content (AvgIpc) is 2.45. The Morgan fingerprint density at radius 2 is 2.11 bits per heavy atom. The van der Waals surface area contributed by atoms with Gasteiger partial charge in [0.25, 0.3) is 0 Å². The van der Waals surface area contributed by atoms with Crippen molar-refractivity contribution in [1.82, 2.24) is 15.3 Å². The predicted octanol–water partition coefficient (Wildman–Crippen LogP) is 2.64. The van der Waals surface area contributed by atoms with Gasteiger partial charge in [-0.25, -0.2) is 4.98 Å². The summed E-state index contributed by atoms with van der Waals surface area (Å²) in [7, 11) is 3.49. The highest BCUT2D eigenvalue weighted by molar-refractivity contribution is 6.30. The topological polar surface area (TPSA) is 47.0 Å². The van der Waals surface area contributed by atoms with Crippen LogP contribution in [0.1, 0.15) is 17.3 Å². The van der Waals surface area contributed by atoms with Crippen LogP contribution >= 0.6 is 11.6 Å². The molecule has 0 aliphatic rings. The van der Waals surface area contributed by atoms with E-state index in [1.54, 1.807) is 19.5 Å². The molecule has 2 rings (SSSR count). The molecule has 19 heavy (non-hydrogen) atoms. The Morgan fingerprint density at radius 1 is 1.32 bits per heavy atom. The van der Waals surface area contributed by atoms with Crippen molar-refractivity contribution in [2.24, 2.45) is 0 Å². The maximum Gasteiger partial charge on any atom is 0.237 e. The minimum atomic E-state index is 0.0297. The molecule has 0 saturated carbocycles. The fraction of sp³-hybridized carbons (Fsp3) is 0.286. The largest absolute Gasteiger partial charge is 0.480 e. The molecule has 0 amide bonds. The SMILES string of the molecule is CNC(Cc1cccc(Cl)c1)c1nccnc1OC. The number of ether oxygens (including phenoxy) is 1. The first-order chi connectivity index (χ1) is 9.24. The zero-order chi connectivity index (χ0) is 13.7. The number of nitrogens with zero attached hydrogens (tertiary/aromatic N) is 2. The summed E-state index contributed by atoms with van der Waals surface area (Å²) >= 11 is 6.00. The van der Waals surface area contributed by atoms with Crippen molar-refractivity contribution >= 4 is 11.6 Å². The van der Waals surface area contributed by atoms with E-state index in [1.165, 1.54) is 0 Å². The second kappa shape index (κ2) is 6.50. The van der Waals surface area contributed by atoms with Crippen LogP contribution in [0.4, 0.5) is 0 Å². The van der Waals surface area contributed by atoms with Crippen LogP contribution in [0.2, 0.25) is 5.02 Å². The van der Waals surface area contributed by atoms with Crippen molar-refractivity contribution in [2.75, 3.05) is 14.2 Å². The number of halogens is 1. The molecular formula is C14H16ClN3O. The molecule has 0 radical (unpaired) electrons. The monoisotopic (exact) mass is 277 g/mol. The van der Waals surface area contributed by atoms with E-state index >= 15 is 0 Å². The van der Waals surface area contributed by atoms with Crippen molar-refractivity contribution in [2.45, 2.75) is 12.5 Å². The summed E-state index contributed by atoms with van der Waals surface area (Å²) in [5.74, 6) is 0.545. The highest BCUT2D eigenvalue weighted by Crippen LogP contribution is 2.24. The predicted molar refractivity (Wildman–Crippen MR) is 75.5 cm³/mol. The van der Waals surface area contributed by atoms with Crippen LogP contribution in [0.15, 0.2) is 36.7 Å². The van der Waals surface area contributed by atoms with Crippen molar-refractivity contribution < 1.29 is 4.74 Å². The van der Waals surface area contributed by atoms with Crippen molar-refractivity contribution in [1.29, 1.82) is 0 Å². The van der Waals surface area contributed by atoms with E-state index in [1.807, 2.05) is 31.3 Å². The Labute approximate surface area is 117 Å². The molecule has 0 aliphatic carbocycles. The molecule has 0 aliphatic heterocycles. The van der Waals surface area contributed by atoms with Crippen LogP contribution in [0.3, 0.4) is 0 Å². The molecule has 1 N–H and O–H groups in total. The van der Waals surface area contributed by atoms with Crippen LogP contribution in [-0.4, -0.2) is 24.1 Å². The quantitative estimate of drug-likeness (QED) is 0.913. The lowest BCUT2D eigenvalue weighted by Crippen LogP contribution is -2.21. The van der Waals surface area contributed by atoms with E-state index in [9.17, 15) is 0 Å². The number of hydrogen-bond acceptors (Lipinski definition) is 4. The Kier molecular flexibility index (Phi) is 4.71. The maximum absolute atomic E-state index is 6.00. The second-order valence-corrected chi connectivity index (χ2v) is 4.56. The smallest absolute Gasteiger partial charge is 0.237 e. The third kappa shape index (κ3) is 3.43. The number of methoxy groups -OCH3 is 1. The minimum Gasteiger partial charge on any atom is -0.480 e. The third-order valence-electron chi connectivity index (χ3n) is 2.89. The zero-order valence-corrected chi connectivity index (χ0v) is 11.7. The lowest BCUT2D eigenvalue weighted by atomic mass is 10.0. The van der Waals surface area contributed by atoms with E-state index in [-0.39, 0.29) is 6.04 Å². The molecule has 1 aromatic carbocycles. The van der Waals surface area contributed by atoms with Gasteiger partial charge in [0, 0.05) is 17.4 Å². The van der Waals surface area contributed by atoms with E-state index in [4.69, 9.17) is 16.3 Å². The molecule has 0 bridgehead atoms. The Hall–Kier alpha value is -1.65. The van der Waals surface area contributed by atoms with Crippen molar-refractivity contribution in [3.63, 3.8) is 0 Å². The van der Waals surface area contributed by atoms with Gasteiger partial charge in [0.05, 0.1) is 13.2 Å². The van der Waals surface area contributed by atoms with Crippen LogP contribution in [-0.2, 0) is 6.42 Å². The highest BCUT2D eigenvalue weighted by atomic mass is 35.5. The Bertz CT molecular complexity index is 548. The first kappa shape index (κ1) is 13.8. The van der Waals surface area contributed by atoms with Crippen LogP contribution in [0.5, 0.6) is 5.88 Å². The number of nitrogens with one attached hydrogen (secondary N) is 1. The van der Waals surface area contributed by atoms with E-state index in [2.05, 4.69) is 15.3 Å². The zero-order valence-electron chi connectivity index (χ0n) is 10.9. The number of aromatic nitrogens is 2. The van der Waals surface area contributed by atoms with Crippen molar-refractivity contribution in [3.8, 4) is 5.88 Å². The van der Waals surface area contributed by atoms with Crippen LogP contribution in [0.25, 0.3) is 0 Å². The summed E-state index contributed by atoms with van der Waals surface area (Å²) in [4.78, 5) is 8.53. The van der Waals surface area contributed by atoms with Gasteiger partial charge in [-0.2, -0.15) is 0 Å². The van der Waals surface area contributed by atoms with Gasteiger partial charge in [-0.3, -0.25) is 4.98 Å². The lowest BCUT2D eigenvalue weighted by molar-refractivity contribution is 0.379. The molecule has 5 heteroatoms. The lowest BCUT2D eigenvalue weighted by Gasteiger charge is -2.17. The first-order valence-electron chi connectivity index (χ1n) is 6.01. The molecule has 1 aromatic heterocycles. The molecule has 100 valence electrons. The molecule has 1 unspecified atom stereocenters. The van der Waals surface area contributed by atoms with Crippen molar-refractivity contribution in [3.05, 3.63) is 52.9 Å². The summed E-state index contributed by atoms with van der Waals surface area (Å²) < 4.78 is 5.25. The fourth-order valence-electron chi connectivity index (χ4n) is 1.97. The number of likely N-dealkylation sites (N-methyl/N-ethyl adjacent to an activating group) is 1. The van der Waals surface area contributed by atoms with Gasteiger partial charge in [-0.1, -0.05) is 23.7 Å². The summed E-state index contributed by atoms with van der Waals surface area (Å²) in [5, 5.41) is 3.97. The second-order valence-electron chi connectivity index (χ2n) is 4.13. The molecule has 1 heterocycles. The minimum absolute atomic E-state index is 0.0297. The normalized spacial score (nSPS) is 12.2. The van der Waals surface area contributed by atoms with Gasteiger partial charge >= 0.3 is 0 Å². The van der Waals surface area contributed by atoms with Gasteiger partial charge in [0.15, 0.2) is 0 Å². The molecular weight excluding hydrogens is 262 g/mol. The molecule has 1 atom stereocenters. The summed E-state index contributed by atoms with van der Waals surface area (Å²) in [6.07, 6.45) is 4.06. The van der Waals surface area contributed by atoms with Gasteiger partial charge in [-0.15, -0.1) is 0 Å². The standard InChI is InChI=1S/C14H16ClN3O/c1-16-12(9-10-4-3-5-11(15)8-10)13-14(19-2)18-7-6-17-13/h3-8,12,16H,9H2,1-2H3. The molecule has 2 aromatic rings. The molecule has 0 saturated heterocycles. The Balaban J connectivity index is 2.25. The summed E-state index contributed by atoms with van der Waals surface area (Å²) in [6, 6.07) is 7.83. The number of benzene rings is 1. The highest BCUT2D eigenvalue weighted by Gasteiger charge is 2.17. The first-order valence-corrected chi connectivity index (χ1v) is 6.39. The van der Waals surface area contributed by atoms with Crippen LogP contribution in [0, 0.1) is 0 Å². The van der Waals surface area contributed by atoms with Gasteiger partial charge < -0.3 is 10.1 Å². The van der Waals surface area contributed by atoms with E-state index < -0.39 is 0 Å². The fourth-order valence-corrected chi connectivity index (χ4v) is 2.18. The summed E-state index contributed by atoms with van der Waals surface area (Å²) in [5.41, 5.74) is 1.94. The van der Waals surface area contributed by atoms with Gasteiger partial charge in [-0.05, 0) is 31.2 Å². The third-order valence-corrected chi connectivity index (χ3v) is 3.13. The molecule has 0 fully saturated rings. The Morgan fingerprint density at radius 3 is 2.79 bits per heavy atom. The summed E-state index contributed by atoms with van der Waals surface area (Å²) in [6.45, 7) is 0.